The lowest BCUT2D eigenvalue weighted by Gasteiger charge is -2.45. The van der Waals surface area contributed by atoms with Crippen LogP contribution < -0.4 is 0 Å². The number of thioether (sulfide) groups is 2. The summed E-state index contributed by atoms with van der Waals surface area (Å²) >= 11 is 3.05. The molecule has 2 heterocycles. The minimum atomic E-state index is -0.737. The smallest absolute Gasteiger partial charge is 0.303 e. The van der Waals surface area contributed by atoms with Crippen LogP contribution in [0.15, 0.2) is 65.7 Å². The summed E-state index contributed by atoms with van der Waals surface area (Å²) in [5, 5.41) is 10.2. The fourth-order valence-electron chi connectivity index (χ4n) is 3.85. The highest BCUT2D eigenvalue weighted by Crippen LogP contribution is 2.37. The van der Waals surface area contributed by atoms with Crippen LogP contribution in [0.3, 0.4) is 0 Å². The Hall–Kier alpha value is -1.88. The Balaban J connectivity index is 1.59. The highest BCUT2D eigenvalue weighted by Gasteiger charge is 2.50. The summed E-state index contributed by atoms with van der Waals surface area (Å²) in [6.07, 6.45) is -2.68. The molecule has 1 fully saturated rings. The molecule has 3 unspecified atom stereocenters. The maximum absolute atomic E-state index is 12.1. The number of aliphatic hydroxyl groups is 1. The lowest BCUT2D eigenvalue weighted by atomic mass is 9.99. The van der Waals surface area contributed by atoms with Gasteiger partial charge in [-0.2, -0.15) is 0 Å². The number of rotatable bonds is 9. The average molecular weight is 504 g/mol. The van der Waals surface area contributed by atoms with Crippen molar-refractivity contribution in [3.8, 4) is 0 Å². The molecule has 0 aromatic heterocycles. The van der Waals surface area contributed by atoms with Crippen LogP contribution in [0.5, 0.6) is 0 Å². The van der Waals surface area contributed by atoms with Crippen LogP contribution in [0.4, 0.5) is 0 Å². The van der Waals surface area contributed by atoms with Crippen LogP contribution in [0.1, 0.15) is 18.1 Å². The molecule has 0 amide bonds. The maximum atomic E-state index is 12.1. The summed E-state index contributed by atoms with van der Waals surface area (Å²) in [6, 6.07) is 19.5. The van der Waals surface area contributed by atoms with E-state index in [1.54, 1.807) is 11.8 Å². The molecule has 0 saturated carbocycles. The third kappa shape index (κ3) is 6.84. The molecule has 0 spiro atoms. The Bertz CT molecular complexity index is 945. The first-order valence-corrected chi connectivity index (χ1v) is 13.1. The van der Waals surface area contributed by atoms with Crippen molar-refractivity contribution in [2.75, 3.05) is 18.9 Å². The second kappa shape index (κ2) is 12.7. The molecule has 1 N–H and O–H groups in total. The number of aliphatic imine (C=N–C) groups is 1. The lowest BCUT2D eigenvalue weighted by Crippen LogP contribution is -2.60. The van der Waals surface area contributed by atoms with Crippen LogP contribution >= 0.6 is 23.5 Å². The summed E-state index contributed by atoms with van der Waals surface area (Å²) in [7, 11) is 0. The lowest BCUT2D eigenvalue weighted by molar-refractivity contribution is -0.246. The molecule has 0 aliphatic carbocycles. The first-order chi connectivity index (χ1) is 16.6. The molecular formula is C25H29NO6S2. The van der Waals surface area contributed by atoms with Crippen molar-refractivity contribution in [3.63, 3.8) is 0 Å². The number of carbonyl (C=O) groups excluding carboxylic acids is 1. The molecule has 0 radical (unpaired) electrons. The van der Waals surface area contributed by atoms with Crippen molar-refractivity contribution in [2.24, 2.45) is 4.99 Å². The van der Waals surface area contributed by atoms with Gasteiger partial charge in [-0.1, -0.05) is 84.2 Å². The van der Waals surface area contributed by atoms with Gasteiger partial charge in [0.1, 0.15) is 28.1 Å². The SMILES string of the molecule is CC(=O)OC1C(OCc2ccccc2)[C@H](OCc2ccccc2)C(CO)O[C@H]1SC1=NCCS1. The number of esters is 1. The third-order valence-electron chi connectivity index (χ3n) is 5.42. The number of hydrogen-bond acceptors (Lipinski definition) is 9. The zero-order valence-corrected chi connectivity index (χ0v) is 20.6. The van der Waals surface area contributed by atoms with Gasteiger partial charge < -0.3 is 24.1 Å². The number of nitrogens with zero attached hydrogens (tertiary/aromatic N) is 1. The minimum absolute atomic E-state index is 0.256. The van der Waals surface area contributed by atoms with Gasteiger partial charge in [-0.25, -0.2) is 0 Å². The van der Waals surface area contributed by atoms with E-state index in [2.05, 4.69) is 4.99 Å². The third-order valence-corrected chi connectivity index (χ3v) is 7.77. The molecule has 2 aromatic rings. The van der Waals surface area contributed by atoms with Gasteiger partial charge in [-0.15, -0.1) is 0 Å². The fourth-order valence-corrected chi connectivity index (χ4v) is 6.10. The Morgan fingerprint density at radius 1 is 1.03 bits per heavy atom. The van der Waals surface area contributed by atoms with Crippen LogP contribution in [0, 0.1) is 0 Å². The van der Waals surface area contributed by atoms with Crippen molar-refractivity contribution in [2.45, 2.75) is 50.0 Å². The van der Waals surface area contributed by atoms with Gasteiger partial charge in [0.25, 0.3) is 0 Å². The van der Waals surface area contributed by atoms with E-state index in [9.17, 15) is 9.90 Å². The van der Waals surface area contributed by atoms with E-state index in [1.165, 1.54) is 18.7 Å². The Kier molecular flexibility index (Phi) is 9.43. The van der Waals surface area contributed by atoms with Crippen molar-refractivity contribution >= 4 is 33.9 Å². The Morgan fingerprint density at radius 2 is 1.65 bits per heavy atom. The maximum Gasteiger partial charge on any atom is 0.303 e. The summed E-state index contributed by atoms with van der Waals surface area (Å²) in [5.74, 6) is 0.478. The highest BCUT2D eigenvalue weighted by molar-refractivity contribution is 8.39. The van der Waals surface area contributed by atoms with Gasteiger partial charge in [-0.3, -0.25) is 9.79 Å². The molecule has 9 heteroatoms. The van der Waals surface area contributed by atoms with Crippen LogP contribution in [0.25, 0.3) is 0 Å². The zero-order valence-electron chi connectivity index (χ0n) is 18.9. The molecule has 4 rings (SSSR count). The van der Waals surface area contributed by atoms with E-state index in [0.717, 1.165) is 27.8 Å². The van der Waals surface area contributed by atoms with E-state index in [4.69, 9.17) is 18.9 Å². The molecule has 2 aliphatic rings. The molecule has 0 bridgehead atoms. The molecule has 2 aromatic carbocycles. The second-order valence-corrected chi connectivity index (χ2v) is 10.4. The summed E-state index contributed by atoms with van der Waals surface area (Å²) in [6.45, 7) is 2.48. The van der Waals surface area contributed by atoms with Gasteiger partial charge in [0, 0.05) is 12.7 Å². The summed E-state index contributed by atoms with van der Waals surface area (Å²) in [5.41, 5.74) is 1.39. The van der Waals surface area contributed by atoms with Crippen molar-refractivity contribution < 1.29 is 28.8 Å². The predicted molar refractivity (Wildman–Crippen MR) is 134 cm³/mol. The molecule has 1 saturated heterocycles. The molecule has 182 valence electrons. The number of aliphatic hydroxyl groups excluding tert-OH is 1. The van der Waals surface area contributed by atoms with Gasteiger partial charge >= 0.3 is 5.97 Å². The summed E-state index contributed by atoms with van der Waals surface area (Å²) in [4.78, 5) is 16.6. The van der Waals surface area contributed by atoms with Gasteiger partial charge in [0.2, 0.25) is 0 Å². The van der Waals surface area contributed by atoms with Crippen LogP contribution in [-0.2, 0) is 37.0 Å². The van der Waals surface area contributed by atoms with Gasteiger partial charge in [0.05, 0.1) is 26.4 Å². The monoisotopic (exact) mass is 503 g/mol. The van der Waals surface area contributed by atoms with E-state index in [1.807, 2.05) is 60.7 Å². The molecule has 2 aliphatic heterocycles. The van der Waals surface area contributed by atoms with Crippen molar-refractivity contribution in [1.82, 2.24) is 0 Å². The highest BCUT2D eigenvalue weighted by atomic mass is 32.2. The normalized spacial score (nSPS) is 26.8. The first kappa shape index (κ1) is 25.2. The number of ether oxygens (including phenoxy) is 4. The molecular weight excluding hydrogens is 474 g/mol. The number of carbonyl (C=O) groups is 1. The van der Waals surface area contributed by atoms with Crippen molar-refractivity contribution in [1.29, 1.82) is 0 Å². The quantitative estimate of drug-likeness (QED) is 0.519. The van der Waals surface area contributed by atoms with Crippen LogP contribution in [-0.4, -0.2) is 64.2 Å². The van der Waals surface area contributed by atoms with Gasteiger partial charge in [0.15, 0.2) is 6.10 Å². The minimum Gasteiger partial charge on any atom is -0.456 e. The van der Waals surface area contributed by atoms with Crippen LogP contribution in [0.2, 0.25) is 0 Å². The number of benzene rings is 2. The predicted octanol–water partition coefficient (Wildman–Crippen LogP) is 3.64. The Labute approximate surface area is 208 Å². The summed E-state index contributed by atoms with van der Waals surface area (Å²) < 4.78 is 25.5. The standard InChI is InChI=1S/C25H29NO6S2/c1-17(28)31-23-22(30-16-19-10-6-3-7-11-19)21(29-15-18-8-4-2-5-9-18)20(14-27)32-24(23)34-25-26-12-13-33-25/h2-11,20-24,27H,12-16H2,1H3/t20?,21-,22?,23?,24+/m1/s1. The topological polar surface area (TPSA) is 86.6 Å². The Morgan fingerprint density at radius 3 is 2.18 bits per heavy atom. The van der Waals surface area contributed by atoms with E-state index >= 15 is 0 Å². The fraction of sp³-hybridized carbons (Fsp3) is 0.440. The first-order valence-electron chi connectivity index (χ1n) is 11.2. The van der Waals surface area contributed by atoms with E-state index in [0.29, 0.717) is 13.2 Å². The average Bonchev–Trinajstić information content (AvgIpc) is 3.37. The van der Waals surface area contributed by atoms with E-state index < -0.39 is 35.8 Å². The van der Waals surface area contributed by atoms with Crippen molar-refractivity contribution in [3.05, 3.63) is 71.8 Å². The van der Waals surface area contributed by atoms with E-state index in [-0.39, 0.29) is 6.61 Å². The second-order valence-electron chi connectivity index (χ2n) is 7.94. The zero-order chi connectivity index (χ0) is 23.8. The molecule has 7 nitrogen and oxygen atoms in total. The van der Waals surface area contributed by atoms with Gasteiger partial charge in [-0.05, 0) is 11.1 Å². The molecule has 5 atom stereocenters. The largest absolute Gasteiger partial charge is 0.456 e. The molecule has 34 heavy (non-hydrogen) atoms. The number of hydrogen-bond donors (Lipinski definition) is 1.